The van der Waals surface area contributed by atoms with Crippen LogP contribution < -0.4 is 0 Å². The smallest absolute Gasteiger partial charge is 0.113 e. The van der Waals surface area contributed by atoms with Crippen molar-refractivity contribution in [2.24, 2.45) is 16.7 Å². The molecular formula is C30H40N+. The minimum atomic E-state index is 0.238. The lowest BCUT2D eigenvalue weighted by atomic mass is 9.35. The third-order valence-corrected chi connectivity index (χ3v) is 10.2. The summed E-state index contributed by atoms with van der Waals surface area (Å²) < 4.78 is 0. The molecule has 0 amide bonds. The molecule has 2 bridgehead atoms. The molecule has 5 rings (SSSR count). The summed E-state index contributed by atoms with van der Waals surface area (Å²) in [6.45, 7) is 13.9. The van der Waals surface area contributed by atoms with Crippen LogP contribution in [0.3, 0.4) is 0 Å². The van der Waals surface area contributed by atoms with Crippen LogP contribution in [0.2, 0.25) is 0 Å². The Morgan fingerprint density at radius 2 is 1.74 bits per heavy atom. The van der Waals surface area contributed by atoms with E-state index >= 15 is 0 Å². The second kappa shape index (κ2) is 7.14. The number of likely N-dealkylation sites (N-methyl/N-ethyl adjacent to an activating group) is 1. The van der Waals surface area contributed by atoms with Crippen molar-refractivity contribution in [1.82, 2.24) is 4.90 Å². The molecule has 1 saturated carbocycles. The highest BCUT2D eigenvalue weighted by Gasteiger charge is 2.70. The van der Waals surface area contributed by atoms with Crippen LogP contribution in [-0.4, -0.2) is 24.5 Å². The zero-order chi connectivity index (χ0) is 22.0. The molecule has 0 N–H and O–H groups in total. The van der Waals surface area contributed by atoms with Gasteiger partial charge in [0, 0.05) is 16.9 Å². The van der Waals surface area contributed by atoms with Gasteiger partial charge < -0.3 is 4.90 Å². The molecule has 0 radical (unpaired) electrons. The Bertz CT molecular complexity index is 973. The number of piperidine rings is 1. The van der Waals surface area contributed by atoms with Gasteiger partial charge in [0.25, 0.3) is 0 Å². The van der Waals surface area contributed by atoms with Gasteiger partial charge in [0.15, 0.2) is 0 Å². The molecule has 0 aromatic heterocycles. The average Bonchev–Trinajstić information content (AvgIpc) is 2.73. The average molecular weight is 415 g/mol. The Balaban J connectivity index is 1.63. The van der Waals surface area contributed by atoms with Crippen LogP contribution in [0.4, 0.5) is 0 Å². The first-order valence-electron chi connectivity index (χ1n) is 12.4. The molecule has 1 heteroatoms. The number of hydrogen-bond acceptors (Lipinski definition) is 1. The second-order valence-corrected chi connectivity index (χ2v) is 11.6. The van der Waals surface area contributed by atoms with Gasteiger partial charge in [-0.3, -0.25) is 0 Å². The molecule has 2 fully saturated rings. The van der Waals surface area contributed by atoms with Crippen molar-refractivity contribution in [2.45, 2.75) is 78.2 Å². The minimum absolute atomic E-state index is 0.238. The van der Waals surface area contributed by atoms with Gasteiger partial charge in [-0.2, -0.15) is 0 Å². The first kappa shape index (κ1) is 21.1. The molecule has 0 spiro atoms. The van der Waals surface area contributed by atoms with Gasteiger partial charge in [-0.1, -0.05) is 63.2 Å². The molecule has 2 aromatic rings. The number of benzene rings is 2. The lowest BCUT2D eigenvalue weighted by Crippen LogP contribution is -2.72. The summed E-state index contributed by atoms with van der Waals surface area (Å²) in [4.78, 5) is 2.69. The summed E-state index contributed by atoms with van der Waals surface area (Å²) in [5.74, 6) is 0.649. The highest BCUT2D eigenvalue weighted by atomic mass is 15.2. The van der Waals surface area contributed by atoms with Crippen molar-refractivity contribution >= 4 is 0 Å². The molecule has 1 aliphatic heterocycles. The quantitative estimate of drug-likeness (QED) is 0.506. The first-order chi connectivity index (χ1) is 14.7. The number of nitrogens with zero attached hydrogens (tertiary/aromatic N) is 1. The largest absolute Gasteiger partial charge is 0.302 e. The number of rotatable bonds is 3. The summed E-state index contributed by atoms with van der Waals surface area (Å²) in [6.07, 6.45) is 8.94. The highest BCUT2D eigenvalue weighted by Crippen LogP contribution is 2.71. The van der Waals surface area contributed by atoms with E-state index in [-0.39, 0.29) is 10.8 Å². The van der Waals surface area contributed by atoms with E-state index in [2.05, 4.69) is 95.5 Å². The fraction of sp³-hybridized carbons (Fsp3) is 0.567. The number of aryl methyl sites for hydroxylation is 1. The summed E-state index contributed by atoms with van der Waals surface area (Å²) in [5.41, 5.74) is 8.69. The Morgan fingerprint density at radius 1 is 1.00 bits per heavy atom. The Hall–Kier alpha value is -1.73. The van der Waals surface area contributed by atoms with E-state index in [9.17, 15) is 0 Å². The van der Waals surface area contributed by atoms with Gasteiger partial charge in [-0.25, -0.2) is 0 Å². The summed E-state index contributed by atoms with van der Waals surface area (Å²) in [5, 5.41) is 0. The maximum Gasteiger partial charge on any atom is 0.113 e. The third-order valence-electron chi connectivity index (χ3n) is 10.2. The zero-order valence-corrected chi connectivity index (χ0v) is 20.5. The number of hydrogen-bond donors (Lipinski definition) is 0. The van der Waals surface area contributed by atoms with E-state index in [0.717, 1.165) is 6.42 Å². The summed E-state index contributed by atoms with van der Waals surface area (Å²) >= 11 is 0. The van der Waals surface area contributed by atoms with Crippen LogP contribution in [0.5, 0.6) is 0 Å². The molecule has 31 heavy (non-hydrogen) atoms. The zero-order valence-electron chi connectivity index (χ0n) is 20.5. The van der Waals surface area contributed by atoms with E-state index in [4.69, 9.17) is 0 Å². The Kier molecular flexibility index (Phi) is 4.87. The van der Waals surface area contributed by atoms with Crippen molar-refractivity contribution in [3.63, 3.8) is 0 Å². The van der Waals surface area contributed by atoms with Gasteiger partial charge in [0.2, 0.25) is 0 Å². The summed E-state index contributed by atoms with van der Waals surface area (Å²) in [6, 6.07) is 16.5. The fourth-order valence-electron chi connectivity index (χ4n) is 8.39. The number of likely N-dealkylation sites (tertiary alicyclic amines) is 1. The predicted molar refractivity (Wildman–Crippen MR) is 131 cm³/mol. The van der Waals surface area contributed by atoms with Gasteiger partial charge >= 0.3 is 0 Å². The molecule has 1 unspecified atom stereocenters. The molecule has 1 nitrogen and oxygen atoms in total. The van der Waals surface area contributed by atoms with Gasteiger partial charge in [-0.15, -0.1) is 0 Å². The van der Waals surface area contributed by atoms with Gasteiger partial charge in [-0.05, 0) is 86.4 Å². The maximum atomic E-state index is 2.69. The van der Waals surface area contributed by atoms with Gasteiger partial charge in [0.05, 0.1) is 6.42 Å². The SMILES string of the molecule is Cc1ccc2c(c1C)[C@]13CCN(C)[C@@H](C2)C1(C)CC[C@@H]([CH+]Cc1ccccc1)C3(C)C. The minimum Gasteiger partial charge on any atom is -0.302 e. The van der Waals surface area contributed by atoms with Crippen LogP contribution in [-0.2, 0) is 18.3 Å². The Morgan fingerprint density at radius 3 is 2.48 bits per heavy atom. The standard InChI is InChI=1S/C30H40N/c1-21-12-14-24-20-26-29(5)17-16-25(15-13-23-10-8-7-9-11-23)28(3,4)30(29,18-19-31(26)6)27(24)22(21)2/h7-12,14-15,25-26H,13,16-20H2,1-6H3/q+1/t25-,26+,29?,30+/m1/s1. The van der Waals surface area contributed by atoms with E-state index in [1.165, 1.54) is 43.4 Å². The van der Waals surface area contributed by atoms with E-state index in [1.54, 1.807) is 16.7 Å². The van der Waals surface area contributed by atoms with Gasteiger partial charge in [0.1, 0.15) is 12.3 Å². The van der Waals surface area contributed by atoms with Crippen molar-refractivity contribution in [1.29, 1.82) is 0 Å². The predicted octanol–water partition coefficient (Wildman–Crippen LogP) is 6.69. The van der Waals surface area contributed by atoms with Crippen molar-refractivity contribution < 1.29 is 0 Å². The van der Waals surface area contributed by atoms with Crippen LogP contribution >= 0.6 is 0 Å². The first-order valence-corrected chi connectivity index (χ1v) is 12.4. The molecular weight excluding hydrogens is 374 g/mol. The van der Waals surface area contributed by atoms with Crippen molar-refractivity contribution in [3.8, 4) is 0 Å². The molecule has 3 aliphatic rings. The van der Waals surface area contributed by atoms with E-state index < -0.39 is 0 Å². The fourth-order valence-corrected chi connectivity index (χ4v) is 8.39. The molecule has 2 aromatic carbocycles. The molecule has 4 atom stereocenters. The molecule has 2 aliphatic carbocycles. The highest BCUT2D eigenvalue weighted by molar-refractivity contribution is 5.52. The second-order valence-electron chi connectivity index (χ2n) is 11.6. The van der Waals surface area contributed by atoms with Crippen molar-refractivity contribution in [3.05, 3.63) is 76.7 Å². The normalized spacial score (nSPS) is 34.0. The van der Waals surface area contributed by atoms with Crippen LogP contribution in [0, 0.1) is 37.0 Å². The van der Waals surface area contributed by atoms with E-state index in [0.29, 0.717) is 17.4 Å². The molecule has 1 heterocycles. The molecule has 164 valence electrons. The molecule has 1 saturated heterocycles. The third kappa shape index (κ3) is 2.75. The van der Waals surface area contributed by atoms with Crippen molar-refractivity contribution in [2.75, 3.05) is 13.6 Å². The lowest BCUT2D eigenvalue weighted by molar-refractivity contribution is -0.152. The van der Waals surface area contributed by atoms with Crippen LogP contribution in [0.25, 0.3) is 0 Å². The van der Waals surface area contributed by atoms with Crippen LogP contribution in [0.1, 0.15) is 67.9 Å². The van der Waals surface area contributed by atoms with Crippen LogP contribution in [0.15, 0.2) is 42.5 Å². The topological polar surface area (TPSA) is 3.24 Å². The maximum absolute atomic E-state index is 2.69. The van der Waals surface area contributed by atoms with E-state index in [1.807, 2.05) is 0 Å². The monoisotopic (exact) mass is 414 g/mol. The number of fused-ring (bicyclic) bond motifs is 1. The summed E-state index contributed by atoms with van der Waals surface area (Å²) in [7, 11) is 2.38. The lowest BCUT2D eigenvalue weighted by Gasteiger charge is -2.71. The Labute approximate surface area is 190 Å².